The Bertz CT molecular complexity index is 660. The van der Waals surface area contributed by atoms with Crippen molar-refractivity contribution in [3.8, 4) is 5.69 Å². The maximum Gasteiger partial charge on any atom is 0.294 e. The average molecular weight is 304 g/mol. The summed E-state index contributed by atoms with van der Waals surface area (Å²) in [5.74, 6) is 0. The summed E-state index contributed by atoms with van der Waals surface area (Å²) >= 11 is 5.87. The summed E-state index contributed by atoms with van der Waals surface area (Å²) in [5, 5.41) is 23.3. The van der Waals surface area contributed by atoms with Gasteiger partial charge in [0.05, 0.1) is 11.5 Å². The van der Waals surface area contributed by atoms with Crippen molar-refractivity contribution in [2.24, 2.45) is 0 Å². The summed E-state index contributed by atoms with van der Waals surface area (Å²) in [4.78, 5) is 10.3. The number of nitro groups is 1. The van der Waals surface area contributed by atoms with Crippen molar-refractivity contribution in [3.63, 3.8) is 0 Å². The van der Waals surface area contributed by atoms with Crippen molar-refractivity contribution in [1.82, 2.24) is 9.78 Å². The lowest BCUT2D eigenvalue weighted by Crippen LogP contribution is -2.02. The fourth-order valence-electron chi connectivity index (χ4n) is 1.72. The summed E-state index contributed by atoms with van der Waals surface area (Å²) < 4.78 is 26.4. The van der Waals surface area contributed by atoms with E-state index >= 15 is 0 Å². The third-order valence-corrected chi connectivity index (χ3v) is 3.01. The summed E-state index contributed by atoms with van der Waals surface area (Å²) in [6, 6.07) is 5.45. The Morgan fingerprint density at radius 3 is 2.60 bits per heavy atom. The fourth-order valence-corrected chi connectivity index (χ4v) is 2.01. The van der Waals surface area contributed by atoms with E-state index < -0.39 is 23.6 Å². The van der Waals surface area contributed by atoms with E-state index in [9.17, 15) is 18.9 Å². The van der Waals surface area contributed by atoms with Crippen molar-refractivity contribution in [2.45, 2.75) is 13.0 Å². The smallest absolute Gasteiger partial charge is 0.294 e. The molecule has 9 heteroatoms. The lowest BCUT2D eigenvalue weighted by atomic mass is 10.2. The van der Waals surface area contributed by atoms with E-state index in [1.54, 1.807) is 0 Å². The van der Waals surface area contributed by atoms with E-state index in [-0.39, 0.29) is 22.1 Å². The monoisotopic (exact) mass is 303 g/mol. The molecule has 0 saturated carbocycles. The highest BCUT2D eigenvalue weighted by Gasteiger charge is 2.26. The molecular weight excluding hydrogens is 296 g/mol. The molecule has 1 aromatic carbocycles. The van der Waals surface area contributed by atoms with Gasteiger partial charge >= 0.3 is 0 Å². The van der Waals surface area contributed by atoms with Crippen molar-refractivity contribution in [1.29, 1.82) is 0 Å². The maximum atomic E-state index is 12.8. The Hall–Kier alpha value is -2.06. The number of nitro benzene ring substituents is 1. The van der Waals surface area contributed by atoms with Crippen LogP contribution in [0.3, 0.4) is 0 Å². The maximum absolute atomic E-state index is 12.8. The summed E-state index contributed by atoms with van der Waals surface area (Å²) in [5.41, 5.74) is -1.33. The van der Waals surface area contributed by atoms with Gasteiger partial charge in [0, 0.05) is 11.6 Å². The second-order valence-corrected chi connectivity index (χ2v) is 4.13. The van der Waals surface area contributed by atoms with Gasteiger partial charge in [-0.15, -0.1) is 0 Å². The van der Waals surface area contributed by atoms with Crippen molar-refractivity contribution in [3.05, 3.63) is 50.8 Å². The average Bonchev–Trinajstić information content (AvgIpc) is 2.75. The number of hydrogen-bond acceptors (Lipinski definition) is 4. The Morgan fingerprint density at radius 2 is 2.10 bits per heavy atom. The molecule has 1 aromatic heterocycles. The van der Waals surface area contributed by atoms with Gasteiger partial charge in [0.25, 0.3) is 12.1 Å². The number of halogens is 3. The molecule has 0 aliphatic heterocycles. The standard InChI is InChI=1S/C11H8ClF2N3O3/c12-10-6(5-18)9(11(13)14)15-16(10)7-3-1-2-4-8(7)17(19)20/h1-4,11,18H,5H2. The van der Waals surface area contributed by atoms with E-state index in [2.05, 4.69) is 5.10 Å². The highest BCUT2D eigenvalue weighted by Crippen LogP contribution is 2.32. The SMILES string of the molecule is O=[N+]([O-])c1ccccc1-n1nc(C(F)F)c(CO)c1Cl. The topological polar surface area (TPSA) is 81.2 Å². The van der Waals surface area contributed by atoms with Crippen LogP contribution in [0.15, 0.2) is 24.3 Å². The zero-order valence-corrected chi connectivity index (χ0v) is 10.6. The van der Waals surface area contributed by atoms with Crippen molar-refractivity contribution in [2.75, 3.05) is 0 Å². The molecule has 6 nitrogen and oxygen atoms in total. The van der Waals surface area contributed by atoms with Crippen LogP contribution < -0.4 is 0 Å². The number of hydrogen-bond donors (Lipinski definition) is 1. The predicted molar refractivity (Wildman–Crippen MR) is 66.1 cm³/mol. The lowest BCUT2D eigenvalue weighted by molar-refractivity contribution is -0.384. The normalized spacial score (nSPS) is 11.1. The Balaban J connectivity index is 2.68. The van der Waals surface area contributed by atoms with E-state index in [0.29, 0.717) is 0 Å². The molecule has 0 aliphatic rings. The third kappa shape index (κ3) is 2.35. The van der Waals surface area contributed by atoms with E-state index in [1.165, 1.54) is 24.3 Å². The second-order valence-electron chi connectivity index (χ2n) is 3.77. The number of aliphatic hydroxyl groups excluding tert-OH is 1. The van der Waals surface area contributed by atoms with Crippen LogP contribution in [0.1, 0.15) is 17.7 Å². The van der Waals surface area contributed by atoms with Gasteiger partial charge in [-0.2, -0.15) is 5.10 Å². The summed E-state index contributed by atoms with van der Waals surface area (Å²) in [7, 11) is 0. The Morgan fingerprint density at radius 1 is 1.45 bits per heavy atom. The highest BCUT2D eigenvalue weighted by atomic mass is 35.5. The van der Waals surface area contributed by atoms with Gasteiger partial charge in [0.1, 0.15) is 16.5 Å². The minimum atomic E-state index is -2.95. The summed E-state index contributed by atoms with van der Waals surface area (Å²) in [6.07, 6.45) is -2.95. The van der Waals surface area contributed by atoms with Crippen LogP contribution in [0.25, 0.3) is 5.69 Å². The van der Waals surface area contributed by atoms with Gasteiger partial charge in [-0.25, -0.2) is 13.5 Å². The molecular formula is C11H8ClF2N3O3. The largest absolute Gasteiger partial charge is 0.391 e. The first-order chi connectivity index (χ1) is 9.47. The number of benzene rings is 1. The van der Waals surface area contributed by atoms with Crippen LogP contribution in [-0.4, -0.2) is 19.8 Å². The number of alkyl halides is 2. The molecule has 0 fully saturated rings. The molecule has 0 unspecified atom stereocenters. The molecule has 0 amide bonds. The van der Waals surface area contributed by atoms with Crippen LogP contribution in [0.4, 0.5) is 14.5 Å². The molecule has 0 saturated heterocycles. The number of para-hydroxylation sites is 2. The van der Waals surface area contributed by atoms with Crippen molar-refractivity contribution < 1.29 is 18.8 Å². The van der Waals surface area contributed by atoms with E-state index in [4.69, 9.17) is 16.7 Å². The molecule has 20 heavy (non-hydrogen) atoms. The van der Waals surface area contributed by atoms with Crippen molar-refractivity contribution >= 4 is 17.3 Å². The Labute approximate surface area is 116 Å². The molecule has 2 rings (SSSR count). The minimum Gasteiger partial charge on any atom is -0.391 e. The number of nitrogens with zero attached hydrogens (tertiary/aromatic N) is 3. The summed E-state index contributed by atoms with van der Waals surface area (Å²) in [6.45, 7) is -0.737. The first-order valence-corrected chi connectivity index (χ1v) is 5.75. The number of aromatic nitrogens is 2. The first kappa shape index (κ1) is 14.4. The van der Waals surface area contributed by atoms with Gasteiger partial charge in [0.15, 0.2) is 0 Å². The van der Waals surface area contributed by atoms with E-state index in [1.807, 2.05) is 0 Å². The van der Waals surface area contributed by atoms with Crippen LogP contribution >= 0.6 is 11.6 Å². The third-order valence-electron chi connectivity index (χ3n) is 2.62. The fraction of sp³-hybridized carbons (Fsp3) is 0.182. The highest BCUT2D eigenvalue weighted by molar-refractivity contribution is 6.30. The number of aliphatic hydroxyl groups is 1. The minimum absolute atomic E-state index is 0.0518. The van der Waals surface area contributed by atoms with Crippen LogP contribution in [0.5, 0.6) is 0 Å². The van der Waals surface area contributed by atoms with Gasteiger partial charge in [-0.1, -0.05) is 23.7 Å². The zero-order valence-electron chi connectivity index (χ0n) is 9.83. The van der Waals surface area contributed by atoms with Crippen LogP contribution in [-0.2, 0) is 6.61 Å². The van der Waals surface area contributed by atoms with Crippen LogP contribution in [0, 0.1) is 10.1 Å². The van der Waals surface area contributed by atoms with Gasteiger partial charge in [-0.05, 0) is 6.07 Å². The van der Waals surface area contributed by atoms with Gasteiger partial charge in [-0.3, -0.25) is 10.1 Å². The van der Waals surface area contributed by atoms with E-state index in [0.717, 1.165) is 4.68 Å². The van der Waals surface area contributed by atoms with Crippen LogP contribution in [0.2, 0.25) is 5.15 Å². The quantitative estimate of drug-likeness (QED) is 0.695. The number of rotatable bonds is 4. The second kappa shape index (κ2) is 5.51. The molecule has 106 valence electrons. The molecule has 2 aromatic rings. The molecule has 0 bridgehead atoms. The molecule has 0 atom stereocenters. The van der Waals surface area contributed by atoms with Gasteiger partial charge in [0.2, 0.25) is 0 Å². The lowest BCUT2D eigenvalue weighted by Gasteiger charge is -2.04. The van der Waals surface area contributed by atoms with Gasteiger partial charge < -0.3 is 5.11 Å². The Kier molecular flexibility index (Phi) is 3.96. The predicted octanol–water partition coefficient (Wildman–Crippen LogP) is 2.86. The molecule has 0 radical (unpaired) electrons. The molecule has 1 heterocycles. The molecule has 0 aliphatic carbocycles. The molecule has 1 N–H and O–H groups in total. The zero-order chi connectivity index (χ0) is 14.9. The molecule has 0 spiro atoms. The first-order valence-electron chi connectivity index (χ1n) is 5.37.